The molecular weight excluding hydrogens is 737 g/mol. The largest absolute Gasteiger partial charge is 0.472 e. The van der Waals surface area contributed by atoms with E-state index in [4.69, 9.17) is 24.3 Å². The summed E-state index contributed by atoms with van der Waals surface area (Å²) in [7, 11) is -4.38. The van der Waals surface area contributed by atoms with Gasteiger partial charge in [0.2, 0.25) is 0 Å². The topological polar surface area (TPSA) is 134 Å². The zero-order valence-corrected chi connectivity index (χ0v) is 38.0. The van der Waals surface area contributed by atoms with E-state index < -0.39 is 26.5 Å². The van der Waals surface area contributed by atoms with Crippen LogP contribution in [0.1, 0.15) is 232 Å². The van der Waals surface area contributed by atoms with Crippen LogP contribution in [0.15, 0.2) is 24.3 Å². The zero-order valence-electron chi connectivity index (χ0n) is 37.1. The molecule has 0 aliphatic rings. The van der Waals surface area contributed by atoms with Crippen LogP contribution in [0.25, 0.3) is 0 Å². The summed E-state index contributed by atoms with van der Waals surface area (Å²) in [5, 5.41) is 0. The second-order valence-electron chi connectivity index (χ2n) is 16.0. The van der Waals surface area contributed by atoms with Gasteiger partial charge in [-0.15, -0.1) is 0 Å². The van der Waals surface area contributed by atoms with Gasteiger partial charge in [0.1, 0.15) is 6.61 Å². The summed E-state index contributed by atoms with van der Waals surface area (Å²) in [5.74, 6) is -0.830. The average Bonchev–Trinajstić information content (AvgIpc) is 3.20. The first-order chi connectivity index (χ1) is 27.8. The summed E-state index contributed by atoms with van der Waals surface area (Å²) >= 11 is 0. The molecule has 9 nitrogen and oxygen atoms in total. The van der Waals surface area contributed by atoms with Crippen molar-refractivity contribution in [2.24, 2.45) is 5.73 Å². The molecule has 0 aromatic rings. The molecule has 0 saturated heterocycles. The minimum atomic E-state index is -4.38. The fourth-order valence-corrected chi connectivity index (χ4v) is 7.51. The van der Waals surface area contributed by atoms with Crippen molar-refractivity contribution in [3.63, 3.8) is 0 Å². The van der Waals surface area contributed by atoms with Gasteiger partial charge in [-0.2, -0.15) is 0 Å². The third-order valence-electron chi connectivity index (χ3n) is 10.3. The van der Waals surface area contributed by atoms with E-state index in [-0.39, 0.29) is 38.6 Å². The normalized spacial score (nSPS) is 13.4. The molecular formula is C47H90NO8P. The summed E-state index contributed by atoms with van der Waals surface area (Å²) in [5.41, 5.74) is 5.36. The molecule has 0 aromatic carbocycles. The van der Waals surface area contributed by atoms with E-state index in [1.807, 2.05) is 0 Å². The number of allylic oxidation sites excluding steroid dienone is 4. The highest BCUT2D eigenvalue weighted by Gasteiger charge is 2.26. The van der Waals surface area contributed by atoms with Crippen LogP contribution in [0, 0.1) is 0 Å². The van der Waals surface area contributed by atoms with Crippen LogP contribution in [0.3, 0.4) is 0 Å². The van der Waals surface area contributed by atoms with Gasteiger partial charge in [-0.05, 0) is 64.2 Å². The highest BCUT2D eigenvalue weighted by atomic mass is 31.2. The average molecular weight is 828 g/mol. The number of nitrogens with two attached hydrogens (primary N) is 1. The Hall–Kier alpha value is -1.51. The number of hydrogen-bond acceptors (Lipinski definition) is 8. The summed E-state index contributed by atoms with van der Waals surface area (Å²) in [4.78, 5) is 35.0. The fourth-order valence-electron chi connectivity index (χ4n) is 6.74. The monoisotopic (exact) mass is 828 g/mol. The number of ether oxygens (including phenoxy) is 2. The highest BCUT2D eigenvalue weighted by molar-refractivity contribution is 7.47. The molecule has 336 valence electrons. The summed E-state index contributed by atoms with van der Waals surface area (Å²) in [6, 6.07) is 0. The molecule has 1 unspecified atom stereocenters. The predicted molar refractivity (Wildman–Crippen MR) is 238 cm³/mol. The number of carbonyl (C=O) groups excluding carboxylic acids is 2. The molecule has 57 heavy (non-hydrogen) atoms. The fraction of sp³-hybridized carbons (Fsp3) is 0.872. The van der Waals surface area contributed by atoms with E-state index in [2.05, 4.69) is 38.2 Å². The quantitative estimate of drug-likeness (QED) is 0.0266. The van der Waals surface area contributed by atoms with Crippen LogP contribution in [-0.4, -0.2) is 49.3 Å². The maximum absolute atomic E-state index is 12.6. The van der Waals surface area contributed by atoms with Crippen LogP contribution in [-0.2, 0) is 32.7 Å². The molecule has 0 aliphatic carbocycles. The Bertz CT molecular complexity index is 990. The van der Waals surface area contributed by atoms with Gasteiger partial charge in [-0.3, -0.25) is 18.6 Å². The lowest BCUT2D eigenvalue weighted by atomic mass is 10.1. The molecule has 0 radical (unpaired) electrons. The molecule has 0 aliphatic heterocycles. The molecule has 0 saturated carbocycles. The number of unbranched alkanes of at least 4 members (excludes halogenated alkanes) is 28. The van der Waals surface area contributed by atoms with E-state index in [9.17, 15) is 19.0 Å². The first kappa shape index (κ1) is 55.5. The number of carbonyl (C=O) groups is 2. The van der Waals surface area contributed by atoms with Gasteiger partial charge >= 0.3 is 19.8 Å². The maximum Gasteiger partial charge on any atom is 0.472 e. The van der Waals surface area contributed by atoms with Gasteiger partial charge < -0.3 is 20.1 Å². The van der Waals surface area contributed by atoms with Crippen LogP contribution in [0.2, 0.25) is 0 Å². The van der Waals surface area contributed by atoms with Crippen LogP contribution >= 0.6 is 7.82 Å². The molecule has 0 amide bonds. The third-order valence-corrected chi connectivity index (χ3v) is 11.3. The molecule has 3 N–H and O–H groups in total. The van der Waals surface area contributed by atoms with E-state index in [0.717, 1.165) is 57.8 Å². The zero-order chi connectivity index (χ0) is 41.8. The molecule has 0 rings (SSSR count). The minimum absolute atomic E-state index is 0.0533. The molecule has 0 spiro atoms. The van der Waals surface area contributed by atoms with E-state index in [1.54, 1.807) is 0 Å². The Morgan fingerprint density at radius 1 is 0.509 bits per heavy atom. The smallest absolute Gasteiger partial charge is 0.462 e. The maximum atomic E-state index is 12.6. The molecule has 0 fully saturated rings. The van der Waals surface area contributed by atoms with Crippen LogP contribution in [0.4, 0.5) is 0 Å². The van der Waals surface area contributed by atoms with Gasteiger partial charge in [0.25, 0.3) is 0 Å². The van der Waals surface area contributed by atoms with E-state index in [0.29, 0.717) is 6.42 Å². The minimum Gasteiger partial charge on any atom is -0.462 e. The van der Waals surface area contributed by atoms with Crippen molar-refractivity contribution >= 4 is 19.8 Å². The molecule has 0 heterocycles. The first-order valence-corrected chi connectivity index (χ1v) is 25.3. The van der Waals surface area contributed by atoms with Gasteiger partial charge in [0.15, 0.2) is 6.10 Å². The molecule has 0 aromatic heterocycles. The van der Waals surface area contributed by atoms with Gasteiger partial charge in [-0.25, -0.2) is 4.57 Å². The van der Waals surface area contributed by atoms with E-state index in [1.165, 1.54) is 141 Å². The Morgan fingerprint density at radius 3 is 1.25 bits per heavy atom. The number of phosphoric ester groups is 1. The van der Waals surface area contributed by atoms with E-state index >= 15 is 0 Å². The highest BCUT2D eigenvalue weighted by Crippen LogP contribution is 2.43. The van der Waals surface area contributed by atoms with Crippen LogP contribution < -0.4 is 5.73 Å². The Morgan fingerprint density at radius 2 is 0.860 bits per heavy atom. The third kappa shape index (κ3) is 43.9. The van der Waals surface area contributed by atoms with Crippen molar-refractivity contribution in [3.8, 4) is 0 Å². The predicted octanol–water partition coefficient (Wildman–Crippen LogP) is 13.9. The molecule has 2 atom stereocenters. The Labute approximate surface area is 351 Å². The van der Waals surface area contributed by atoms with Crippen molar-refractivity contribution in [3.05, 3.63) is 24.3 Å². The number of rotatable bonds is 45. The van der Waals surface area contributed by atoms with Crippen molar-refractivity contribution < 1.29 is 37.6 Å². The van der Waals surface area contributed by atoms with Gasteiger partial charge in [0.05, 0.1) is 13.2 Å². The number of phosphoric acid groups is 1. The lowest BCUT2D eigenvalue weighted by Gasteiger charge is -2.19. The molecule has 0 bridgehead atoms. The van der Waals surface area contributed by atoms with Crippen molar-refractivity contribution in [1.29, 1.82) is 0 Å². The van der Waals surface area contributed by atoms with Crippen molar-refractivity contribution in [2.45, 2.75) is 238 Å². The number of hydrogen-bond donors (Lipinski definition) is 2. The number of esters is 2. The lowest BCUT2D eigenvalue weighted by molar-refractivity contribution is -0.161. The first-order valence-electron chi connectivity index (χ1n) is 23.8. The van der Waals surface area contributed by atoms with Crippen LogP contribution in [0.5, 0.6) is 0 Å². The summed E-state index contributed by atoms with van der Waals surface area (Å²) in [6.45, 7) is 3.75. The van der Waals surface area contributed by atoms with Crippen molar-refractivity contribution in [2.75, 3.05) is 26.4 Å². The standard InChI is InChI=1S/C47H90NO8P/c1-3-5-7-9-11-13-15-17-19-21-22-24-26-28-30-32-34-36-38-40-47(50)56-45(44-55-57(51,52)54-42-41-48)43-53-46(49)39-37-35-33-31-29-27-25-23-20-18-16-14-12-10-8-6-4-2/h18,20-22,45H,3-17,19,23-44,48H2,1-2H3,(H,51,52)/b20-18-,22-21-/t45-/m1/s1. The second kappa shape index (κ2) is 44.1. The summed E-state index contributed by atoms with van der Waals surface area (Å²) in [6.07, 6.45) is 47.8. The Balaban J connectivity index is 4.09. The van der Waals surface area contributed by atoms with Gasteiger partial charge in [-0.1, -0.05) is 179 Å². The second-order valence-corrected chi connectivity index (χ2v) is 17.4. The SMILES string of the molecule is CCCCCCCC/C=C\CCCCCCCCCC(=O)OC[C@H](COP(=O)(O)OCCN)OC(=O)CCCCCCCCC/C=C\CCCCCCCCCC. The molecule has 10 heteroatoms. The van der Waals surface area contributed by atoms with Gasteiger partial charge in [0, 0.05) is 19.4 Å². The Kier molecular flexibility index (Phi) is 42.9. The summed E-state index contributed by atoms with van der Waals surface area (Å²) < 4.78 is 32.9. The lowest BCUT2D eigenvalue weighted by Crippen LogP contribution is -2.29. The van der Waals surface area contributed by atoms with Crippen molar-refractivity contribution in [1.82, 2.24) is 0 Å².